The van der Waals surface area contributed by atoms with Gasteiger partial charge in [0.2, 0.25) is 21.9 Å². The predicted octanol–water partition coefficient (Wildman–Crippen LogP) is 20.9. The lowest BCUT2D eigenvalue weighted by Gasteiger charge is -2.47. The molecule has 28 heteroatoms. The summed E-state index contributed by atoms with van der Waals surface area (Å²) >= 11 is 27.9. The number of nitrogens with one attached hydrogen (secondary N) is 2. The number of aliphatic hydroxyl groups excluding tert-OH is 1. The standard InChI is InChI=1S/C44H80Cl3N2O10P.C37H65NO9.CH2Cl2/c1-7-11-13-15-16-17-18-19-20-21-22-23-24-26-28-30-38(50)49-39-41(54-34-31-36(53-6)29-27-25-14-12-8-2)40(59-60(51,55-32-9-3)56-33-10-4)37(35-52-5)57-42(39)58-43(48)44(45,46)47;1-5-9-11-13-15-17-18-20-22-24-30(40)28-32(41)38-33-35(43-27-23-21-19-16-14-12-10-6-2)34(47-37(42)45-26-8-4)31(29-39)46-36(33)44-25-7-3;2-1-3/h9-10,17-18,36-37,39-43H,3-4,7-8,11-16,19-35,48H2,1-2,5-6H3,(H,49,50);7-8,25,31,33-36,39H,4-6,9-24,26-29H2,1-3H3,(H,38,41);1H2/b18-17-;25-7-;/t36-,37-,39-,40+,41-,42+,43?;31-,33-,34+,35-,36+;/m11./s1. The molecule has 2 heterocycles. The molecule has 2 saturated heterocycles. The SMILES string of the molecule is C=CCOC(=O)O[C@@H]1[C@H](OCCCCCCCCCC)[C@@H](NC(=O)CC(=O)CCCCCCCCCCC)[C@@H](O/C=C\C)O[C@@H]1CO.C=CCOP(=O)(OCC=C)O[C@@H]1[C@H](OCC[C@@H](CCCCCCC)OC)[C@@H](NC(=O)CCCCCCCCC/C=C\CCCCCC)[C@H](OC(N)C(Cl)(Cl)Cl)O[C@@H]1COC.ClCCl. The number of carbonyl (C=O) groups excluding carboxylic acids is 4. The number of nitrogens with two attached hydrogens (primary N) is 1. The molecule has 1 unspecified atom stereocenters. The van der Waals surface area contributed by atoms with E-state index in [1.165, 1.54) is 160 Å². The number of amides is 2. The van der Waals surface area contributed by atoms with Crippen molar-refractivity contribution in [2.24, 2.45) is 5.73 Å². The van der Waals surface area contributed by atoms with Crippen LogP contribution in [0.1, 0.15) is 291 Å². The Morgan fingerprint density at radius 1 is 0.573 bits per heavy atom. The van der Waals surface area contributed by atoms with E-state index in [4.69, 9.17) is 125 Å². The first kappa shape index (κ1) is 108. The van der Waals surface area contributed by atoms with Crippen molar-refractivity contribution in [1.82, 2.24) is 10.6 Å². The fraction of sp³-hybridized carbons (Fsp3) is 0.829. The number of methoxy groups -OCH3 is 2. The lowest BCUT2D eigenvalue weighted by atomic mass is 9.95. The first-order chi connectivity index (χ1) is 53.2. The van der Waals surface area contributed by atoms with Crippen molar-refractivity contribution in [2.45, 2.75) is 369 Å². The van der Waals surface area contributed by atoms with E-state index in [1.54, 1.807) is 20.1 Å². The first-order valence-corrected chi connectivity index (χ1v) is 44.9. The number of carbonyl (C=O) groups is 4. The molecule has 2 fully saturated rings. The summed E-state index contributed by atoms with van der Waals surface area (Å²) in [5.74, 6) is -0.919. The van der Waals surface area contributed by atoms with Crippen LogP contribution in [-0.2, 0) is 79.9 Å². The average Bonchev–Trinajstić information content (AvgIpc) is 0.783. The summed E-state index contributed by atoms with van der Waals surface area (Å²) in [5.41, 5.74) is 6.18. The van der Waals surface area contributed by atoms with Crippen molar-refractivity contribution >= 4 is 89.6 Å². The van der Waals surface area contributed by atoms with Gasteiger partial charge in [-0.3, -0.25) is 28.0 Å². The van der Waals surface area contributed by atoms with Crippen LogP contribution in [0.3, 0.4) is 0 Å². The average molecular weight is 1690 g/mol. The minimum Gasteiger partial charge on any atom is -0.471 e. The predicted molar refractivity (Wildman–Crippen MR) is 445 cm³/mol. The van der Waals surface area contributed by atoms with Gasteiger partial charge in [-0.05, 0) is 64.7 Å². The molecule has 0 aromatic heterocycles. The molecule has 0 aliphatic carbocycles. The Kier molecular flexibility index (Phi) is 71.4. The van der Waals surface area contributed by atoms with Gasteiger partial charge in [-0.25, -0.2) is 9.36 Å². The summed E-state index contributed by atoms with van der Waals surface area (Å²) in [4.78, 5) is 52.1. The summed E-state index contributed by atoms with van der Waals surface area (Å²) < 4.78 is 88.3. The minimum atomic E-state index is -4.31. The maximum atomic E-state index is 14.1. The fourth-order valence-electron chi connectivity index (χ4n) is 12.5. The number of hydrogen-bond donors (Lipinski definition) is 4. The largest absolute Gasteiger partial charge is 0.509 e. The minimum absolute atomic E-state index is 0.0613. The van der Waals surface area contributed by atoms with Crippen molar-refractivity contribution in [3.63, 3.8) is 0 Å². The van der Waals surface area contributed by atoms with Gasteiger partial charge in [0.15, 0.2) is 18.6 Å². The van der Waals surface area contributed by atoms with Gasteiger partial charge >= 0.3 is 14.0 Å². The van der Waals surface area contributed by atoms with Crippen molar-refractivity contribution in [3.8, 4) is 0 Å². The normalized spacial score (nSPS) is 20.6. The number of halogens is 5. The van der Waals surface area contributed by atoms with Gasteiger partial charge in [0.05, 0.1) is 50.6 Å². The molecule has 110 heavy (non-hydrogen) atoms. The van der Waals surface area contributed by atoms with Crippen LogP contribution in [0.5, 0.6) is 0 Å². The number of ketones is 1. The monoisotopic (exact) mass is 1680 g/mol. The topological polar surface area (TPSA) is 276 Å². The molecule has 12 atom stereocenters. The quantitative estimate of drug-likeness (QED) is 0.00644. The van der Waals surface area contributed by atoms with Gasteiger partial charge in [0.1, 0.15) is 55.0 Å². The highest BCUT2D eigenvalue weighted by Crippen LogP contribution is 2.53. The highest BCUT2D eigenvalue weighted by molar-refractivity contribution is 7.48. The Bertz CT molecular complexity index is 2370. The molecule has 0 bridgehead atoms. The zero-order chi connectivity index (χ0) is 81.7. The zero-order valence-corrected chi connectivity index (χ0v) is 72.9. The smallest absolute Gasteiger partial charge is 0.471 e. The van der Waals surface area contributed by atoms with Crippen LogP contribution in [0.2, 0.25) is 0 Å². The maximum Gasteiger partial charge on any atom is 0.509 e. The van der Waals surface area contributed by atoms with E-state index in [-0.39, 0.29) is 69.0 Å². The summed E-state index contributed by atoms with van der Waals surface area (Å²) in [7, 11) is -1.17. The molecule has 0 aromatic rings. The van der Waals surface area contributed by atoms with Crippen LogP contribution in [-0.4, -0.2) is 172 Å². The van der Waals surface area contributed by atoms with Gasteiger partial charge in [-0.1, -0.05) is 285 Å². The molecule has 5 N–H and O–H groups in total. The molecule has 0 spiro atoms. The Hall–Kier alpha value is -2.42. The summed E-state index contributed by atoms with van der Waals surface area (Å²) in [6.45, 7) is 21.0. The lowest BCUT2D eigenvalue weighted by molar-refractivity contribution is -0.286. The Labute approximate surface area is 688 Å². The third kappa shape index (κ3) is 54.5. The number of allylic oxidation sites excluding steroid dienone is 3. The van der Waals surface area contributed by atoms with E-state index in [2.05, 4.69) is 70.2 Å². The number of unbranched alkanes of at least 4 members (excludes halogenated alkanes) is 30. The number of aliphatic hydroxyl groups is 1. The molecule has 2 aliphatic heterocycles. The van der Waals surface area contributed by atoms with Crippen molar-refractivity contribution in [1.29, 1.82) is 0 Å². The van der Waals surface area contributed by atoms with Crippen LogP contribution in [0.4, 0.5) is 4.79 Å². The molecule has 0 radical (unpaired) electrons. The third-order valence-corrected chi connectivity index (χ3v) is 20.6. The molecule has 22 nitrogen and oxygen atoms in total. The van der Waals surface area contributed by atoms with E-state index < -0.39 is 97.8 Å². The van der Waals surface area contributed by atoms with Crippen LogP contribution in [0.15, 0.2) is 62.5 Å². The molecule has 644 valence electrons. The molecular formula is C82H147Cl5N3O19P. The van der Waals surface area contributed by atoms with Gasteiger partial charge in [0.25, 0.3) is 0 Å². The molecule has 2 amide bonds. The van der Waals surface area contributed by atoms with Gasteiger partial charge in [0, 0.05) is 40.3 Å². The first-order valence-electron chi connectivity index (χ1n) is 41.2. The van der Waals surface area contributed by atoms with Crippen molar-refractivity contribution in [2.75, 3.05) is 65.8 Å². The van der Waals surface area contributed by atoms with Crippen molar-refractivity contribution in [3.05, 3.63) is 62.5 Å². The number of phosphoric ester groups is 1. The molecule has 2 aliphatic rings. The Balaban J connectivity index is 0.00000214. The summed E-state index contributed by atoms with van der Waals surface area (Å²) in [5, 5.41) is 16.3. The zero-order valence-electron chi connectivity index (χ0n) is 68.2. The van der Waals surface area contributed by atoms with E-state index in [0.29, 0.717) is 25.9 Å². The number of hydrogen-bond acceptors (Lipinski definition) is 20. The second-order valence-corrected chi connectivity index (χ2v) is 32.8. The van der Waals surface area contributed by atoms with Crippen molar-refractivity contribution < 1.29 is 89.8 Å². The van der Waals surface area contributed by atoms with Gasteiger partial charge < -0.3 is 68.8 Å². The second-order valence-electron chi connectivity index (χ2n) is 28.0. The van der Waals surface area contributed by atoms with E-state index >= 15 is 0 Å². The van der Waals surface area contributed by atoms with Crippen LogP contribution in [0.25, 0.3) is 0 Å². The van der Waals surface area contributed by atoms with Crippen LogP contribution >= 0.6 is 65.8 Å². The summed E-state index contributed by atoms with van der Waals surface area (Å²) in [6, 6.07) is -2.02. The second kappa shape index (κ2) is 73.0. The molecular weight excluding hydrogens is 1540 g/mol. The highest BCUT2D eigenvalue weighted by atomic mass is 35.6. The lowest BCUT2D eigenvalue weighted by Crippen LogP contribution is -2.67. The number of alkyl halides is 5. The molecule has 2 rings (SSSR count). The number of ether oxygens (including phenoxy) is 10. The van der Waals surface area contributed by atoms with Gasteiger partial charge in [-0.15, -0.1) is 36.4 Å². The van der Waals surface area contributed by atoms with E-state index in [0.717, 1.165) is 96.3 Å². The molecule has 0 saturated carbocycles. The Morgan fingerprint density at radius 3 is 1.53 bits per heavy atom. The van der Waals surface area contributed by atoms with E-state index in [9.17, 15) is 28.8 Å². The van der Waals surface area contributed by atoms with Crippen LogP contribution in [0, 0.1) is 0 Å². The highest BCUT2D eigenvalue weighted by Gasteiger charge is 2.54. The maximum absolute atomic E-state index is 14.1. The fourth-order valence-corrected chi connectivity index (χ4v) is 14.0. The van der Waals surface area contributed by atoms with Gasteiger partial charge in [-0.2, -0.15) is 0 Å². The summed E-state index contributed by atoms with van der Waals surface area (Å²) in [6.07, 6.45) is 42.1. The van der Waals surface area contributed by atoms with E-state index in [1.807, 2.05) is 0 Å². The third-order valence-electron chi connectivity index (χ3n) is 18.5. The van der Waals surface area contributed by atoms with Crippen LogP contribution < -0.4 is 16.4 Å². The number of Topliss-reactive ketones (excluding diaryl/α,β-unsaturated/α-hetero) is 1. The molecule has 0 aromatic carbocycles. The number of rotatable bonds is 68. The Morgan fingerprint density at radius 2 is 1.03 bits per heavy atom. The number of phosphoric acid groups is 1.